The van der Waals surface area contributed by atoms with Gasteiger partial charge < -0.3 is 14.8 Å². The number of carbonyl (C=O) groups is 2. The number of ether oxygens (including phenoxy) is 2. The summed E-state index contributed by atoms with van der Waals surface area (Å²) >= 11 is 6.87. The number of fused-ring (bicyclic) bond motifs is 1. The number of benzene rings is 1. The number of carbonyl (C=O) groups excluding carboxylic acids is 2. The molecule has 0 radical (unpaired) electrons. The van der Waals surface area contributed by atoms with Gasteiger partial charge in [0.2, 0.25) is 0 Å². The Morgan fingerprint density at radius 2 is 2.00 bits per heavy atom. The van der Waals surface area contributed by atoms with Crippen molar-refractivity contribution in [3.63, 3.8) is 0 Å². The van der Waals surface area contributed by atoms with E-state index < -0.39 is 0 Å². The normalized spacial score (nSPS) is 12.8. The number of hydrogen-bond donors (Lipinski definition) is 2. The number of nitrogens with one attached hydrogen (secondary N) is 2. The number of esters is 1. The van der Waals surface area contributed by atoms with Crippen LogP contribution in [0.15, 0.2) is 24.3 Å². The smallest absolute Gasteiger partial charge is 0.341 e. The third-order valence-corrected chi connectivity index (χ3v) is 6.20. The molecule has 0 fully saturated rings. The maximum absolute atomic E-state index is 12.7. The highest BCUT2D eigenvalue weighted by Crippen LogP contribution is 2.38. The van der Waals surface area contributed by atoms with Gasteiger partial charge >= 0.3 is 5.97 Å². The molecule has 0 bridgehead atoms. The van der Waals surface area contributed by atoms with Gasteiger partial charge in [-0.1, -0.05) is 19.9 Å². The molecule has 1 aliphatic rings. The van der Waals surface area contributed by atoms with Gasteiger partial charge in [-0.25, -0.2) is 4.79 Å². The van der Waals surface area contributed by atoms with Gasteiger partial charge in [-0.05, 0) is 74.5 Å². The molecule has 0 saturated carbocycles. The first-order valence-corrected chi connectivity index (χ1v) is 11.8. The van der Waals surface area contributed by atoms with Crippen molar-refractivity contribution in [2.45, 2.75) is 46.5 Å². The number of thiophene rings is 1. The van der Waals surface area contributed by atoms with Crippen LogP contribution >= 0.6 is 23.6 Å². The second-order valence-corrected chi connectivity index (χ2v) is 9.29. The number of hydrogen-bond acceptors (Lipinski definition) is 6. The second-order valence-electron chi connectivity index (χ2n) is 7.78. The Kier molecular flexibility index (Phi) is 8.03. The molecule has 0 saturated heterocycles. The minimum atomic E-state index is -0.353. The molecule has 8 heteroatoms. The van der Waals surface area contributed by atoms with E-state index in [1.54, 1.807) is 25.1 Å². The zero-order valence-corrected chi connectivity index (χ0v) is 19.7. The quantitative estimate of drug-likeness (QED) is 0.449. The highest BCUT2D eigenvalue weighted by Gasteiger charge is 2.27. The lowest BCUT2D eigenvalue weighted by atomic mass is 9.95. The molecular formula is C23H28N2O4S2. The monoisotopic (exact) mass is 460 g/mol. The van der Waals surface area contributed by atoms with Crippen LogP contribution in [0.1, 0.15) is 64.8 Å². The van der Waals surface area contributed by atoms with E-state index in [9.17, 15) is 9.59 Å². The van der Waals surface area contributed by atoms with Crippen molar-refractivity contribution in [1.82, 2.24) is 5.32 Å². The lowest BCUT2D eigenvalue weighted by Gasteiger charge is -2.13. The minimum Gasteiger partial charge on any atom is -0.493 e. The summed E-state index contributed by atoms with van der Waals surface area (Å²) in [5.74, 6) is 0.329. The van der Waals surface area contributed by atoms with Crippen LogP contribution in [0.4, 0.5) is 5.00 Å². The van der Waals surface area contributed by atoms with Crippen LogP contribution in [0.2, 0.25) is 0 Å². The predicted molar refractivity (Wildman–Crippen MR) is 127 cm³/mol. The summed E-state index contributed by atoms with van der Waals surface area (Å²) in [5.41, 5.74) is 2.03. The van der Waals surface area contributed by atoms with E-state index in [2.05, 4.69) is 24.5 Å². The Morgan fingerprint density at radius 3 is 2.74 bits per heavy atom. The lowest BCUT2D eigenvalue weighted by Crippen LogP contribution is -2.34. The van der Waals surface area contributed by atoms with Gasteiger partial charge in [-0.15, -0.1) is 11.3 Å². The first-order valence-electron chi connectivity index (χ1n) is 10.6. The third-order valence-electron chi connectivity index (χ3n) is 4.78. The molecule has 3 rings (SSSR count). The summed E-state index contributed by atoms with van der Waals surface area (Å²) in [4.78, 5) is 26.4. The number of thiocarbonyl (C=S) groups is 1. The van der Waals surface area contributed by atoms with Crippen LogP contribution < -0.4 is 15.4 Å². The first-order chi connectivity index (χ1) is 14.9. The number of amides is 1. The fraction of sp³-hybridized carbons (Fsp3) is 0.435. The zero-order chi connectivity index (χ0) is 22.4. The summed E-state index contributed by atoms with van der Waals surface area (Å²) < 4.78 is 11.0. The molecule has 31 heavy (non-hydrogen) atoms. The number of anilines is 1. The molecule has 6 nitrogen and oxygen atoms in total. The Hall–Kier alpha value is -2.45. The van der Waals surface area contributed by atoms with E-state index in [4.69, 9.17) is 21.7 Å². The molecule has 0 unspecified atom stereocenters. The van der Waals surface area contributed by atoms with Crippen molar-refractivity contribution in [2.75, 3.05) is 18.5 Å². The molecule has 1 amide bonds. The second kappa shape index (κ2) is 10.7. The molecule has 1 aliphatic carbocycles. The summed E-state index contributed by atoms with van der Waals surface area (Å²) in [6, 6.07) is 6.98. The Bertz CT molecular complexity index is 968. The van der Waals surface area contributed by atoms with Crippen molar-refractivity contribution in [3.05, 3.63) is 45.8 Å². The topological polar surface area (TPSA) is 76.7 Å². The summed E-state index contributed by atoms with van der Waals surface area (Å²) in [7, 11) is 0. The van der Waals surface area contributed by atoms with Crippen LogP contribution in [0.5, 0.6) is 5.75 Å². The highest BCUT2D eigenvalue weighted by atomic mass is 32.1. The molecule has 2 N–H and O–H groups in total. The fourth-order valence-corrected chi connectivity index (χ4v) is 4.91. The van der Waals surface area contributed by atoms with Gasteiger partial charge in [0.05, 0.1) is 18.8 Å². The van der Waals surface area contributed by atoms with E-state index in [1.807, 2.05) is 6.07 Å². The predicted octanol–water partition coefficient (Wildman–Crippen LogP) is 4.97. The molecule has 166 valence electrons. The SMILES string of the molecule is CCOC(=O)c1c(NC(=S)NC(=O)c2cccc(OCC(C)C)c2)sc2c1CCCC2. The van der Waals surface area contributed by atoms with E-state index >= 15 is 0 Å². The van der Waals surface area contributed by atoms with Crippen molar-refractivity contribution in [3.8, 4) is 5.75 Å². The van der Waals surface area contributed by atoms with Crippen LogP contribution in [-0.4, -0.2) is 30.2 Å². The molecule has 0 spiro atoms. The van der Waals surface area contributed by atoms with Gasteiger partial charge in [0.15, 0.2) is 5.11 Å². The van der Waals surface area contributed by atoms with Gasteiger partial charge in [0.25, 0.3) is 5.91 Å². The largest absolute Gasteiger partial charge is 0.493 e. The molecule has 1 aromatic carbocycles. The third kappa shape index (κ3) is 6.04. The van der Waals surface area contributed by atoms with E-state index in [1.165, 1.54) is 16.2 Å². The van der Waals surface area contributed by atoms with Gasteiger partial charge in [-0.2, -0.15) is 0 Å². The average molecular weight is 461 g/mol. The van der Waals surface area contributed by atoms with Crippen LogP contribution in [0.25, 0.3) is 0 Å². The standard InChI is InChI=1S/C23H28N2O4S2/c1-4-28-22(27)19-17-10-5-6-11-18(17)31-21(19)25-23(30)24-20(26)15-8-7-9-16(12-15)29-13-14(2)3/h7-9,12,14H,4-6,10-11,13H2,1-3H3,(H2,24,25,26,30). The fourth-order valence-electron chi connectivity index (χ4n) is 3.37. The van der Waals surface area contributed by atoms with E-state index in [0.717, 1.165) is 31.2 Å². The highest BCUT2D eigenvalue weighted by molar-refractivity contribution is 7.80. The Morgan fingerprint density at radius 1 is 1.23 bits per heavy atom. The van der Waals surface area contributed by atoms with Crippen molar-refractivity contribution in [2.24, 2.45) is 5.92 Å². The minimum absolute atomic E-state index is 0.141. The van der Waals surface area contributed by atoms with Crippen molar-refractivity contribution >= 4 is 45.5 Å². The van der Waals surface area contributed by atoms with Gasteiger partial charge in [0.1, 0.15) is 10.8 Å². The molecule has 1 heterocycles. The van der Waals surface area contributed by atoms with Gasteiger partial charge in [0, 0.05) is 10.4 Å². The van der Waals surface area contributed by atoms with E-state index in [-0.39, 0.29) is 17.0 Å². The Labute approximate surface area is 192 Å². The summed E-state index contributed by atoms with van der Waals surface area (Å²) in [6.45, 7) is 6.79. The summed E-state index contributed by atoms with van der Waals surface area (Å²) in [5, 5.41) is 6.51. The molecule has 2 aromatic rings. The first kappa shape index (κ1) is 23.2. The molecule has 0 aliphatic heterocycles. The number of aryl methyl sites for hydroxylation is 1. The lowest BCUT2D eigenvalue weighted by molar-refractivity contribution is 0.0526. The zero-order valence-electron chi connectivity index (χ0n) is 18.1. The molecule has 1 aromatic heterocycles. The van der Waals surface area contributed by atoms with Crippen molar-refractivity contribution in [1.29, 1.82) is 0 Å². The van der Waals surface area contributed by atoms with Crippen molar-refractivity contribution < 1.29 is 19.1 Å². The molecule has 0 atom stereocenters. The maximum Gasteiger partial charge on any atom is 0.341 e. The summed E-state index contributed by atoms with van der Waals surface area (Å²) in [6.07, 6.45) is 3.94. The maximum atomic E-state index is 12.7. The van der Waals surface area contributed by atoms with Crippen LogP contribution in [0, 0.1) is 5.92 Å². The molecular weight excluding hydrogens is 432 g/mol. The van der Waals surface area contributed by atoms with Crippen LogP contribution in [-0.2, 0) is 17.6 Å². The van der Waals surface area contributed by atoms with Gasteiger partial charge in [-0.3, -0.25) is 10.1 Å². The average Bonchev–Trinajstić information content (AvgIpc) is 3.10. The number of rotatable bonds is 7. The Balaban J connectivity index is 1.71. The van der Waals surface area contributed by atoms with Crippen LogP contribution in [0.3, 0.4) is 0 Å². The van der Waals surface area contributed by atoms with E-state index in [0.29, 0.717) is 41.0 Å².